The van der Waals surface area contributed by atoms with Crippen LogP contribution < -0.4 is 0 Å². The quantitative estimate of drug-likeness (QED) is 0.505. The van der Waals surface area contributed by atoms with Gasteiger partial charge in [-0.25, -0.2) is 4.39 Å². The summed E-state index contributed by atoms with van der Waals surface area (Å²) in [5.74, 6) is 0.348. The molecular formula is C19H17BrFN3O3. The molecule has 0 spiro atoms. The van der Waals surface area contributed by atoms with Crippen LogP contribution in [0.1, 0.15) is 24.8 Å². The van der Waals surface area contributed by atoms with Gasteiger partial charge in [-0.3, -0.25) is 4.79 Å². The molecule has 0 aliphatic heterocycles. The number of nitrogens with zero attached hydrogens (tertiary/aromatic N) is 3. The molecule has 0 radical (unpaired) electrons. The van der Waals surface area contributed by atoms with Gasteiger partial charge in [-0.2, -0.15) is 0 Å². The zero-order chi connectivity index (χ0) is 19.2. The largest absolute Gasteiger partial charge is 0.459 e. The molecule has 0 saturated heterocycles. The van der Waals surface area contributed by atoms with Gasteiger partial charge >= 0.3 is 0 Å². The SMILES string of the molecule is CCCN(Cc1nnc(-c2ccco2)o1)C(=O)C=Cc1cc(Br)ccc1F. The topological polar surface area (TPSA) is 72.4 Å². The maximum absolute atomic E-state index is 13.8. The minimum atomic E-state index is -0.399. The second kappa shape index (κ2) is 8.77. The van der Waals surface area contributed by atoms with E-state index in [4.69, 9.17) is 8.83 Å². The molecule has 1 aromatic carbocycles. The number of aromatic nitrogens is 2. The van der Waals surface area contributed by atoms with Gasteiger partial charge in [-0.05, 0) is 42.8 Å². The van der Waals surface area contributed by atoms with Crippen LogP contribution in [0, 0.1) is 5.82 Å². The first-order valence-electron chi connectivity index (χ1n) is 8.35. The van der Waals surface area contributed by atoms with Gasteiger partial charge in [-0.1, -0.05) is 22.9 Å². The normalized spacial score (nSPS) is 11.2. The van der Waals surface area contributed by atoms with E-state index in [1.165, 1.54) is 24.5 Å². The van der Waals surface area contributed by atoms with Gasteiger partial charge in [0, 0.05) is 22.7 Å². The summed E-state index contributed by atoms with van der Waals surface area (Å²) in [7, 11) is 0. The molecule has 2 aromatic heterocycles. The summed E-state index contributed by atoms with van der Waals surface area (Å²) in [6.07, 6.45) is 5.06. The highest BCUT2D eigenvalue weighted by molar-refractivity contribution is 9.10. The smallest absolute Gasteiger partial charge is 0.283 e. The van der Waals surface area contributed by atoms with E-state index in [2.05, 4.69) is 26.1 Å². The van der Waals surface area contributed by atoms with Crippen molar-refractivity contribution in [3.63, 3.8) is 0 Å². The van der Waals surface area contributed by atoms with E-state index in [-0.39, 0.29) is 18.3 Å². The fourth-order valence-electron chi connectivity index (χ4n) is 2.43. The van der Waals surface area contributed by atoms with Crippen LogP contribution in [0.2, 0.25) is 0 Å². The zero-order valence-corrected chi connectivity index (χ0v) is 16.1. The number of halogens is 2. The maximum atomic E-state index is 13.8. The average Bonchev–Trinajstić information content (AvgIpc) is 3.33. The van der Waals surface area contributed by atoms with Gasteiger partial charge in [0.2, 0.25) is 11.8 Å². The van der Waals surface area contributed by atoms with Crippen LogP contribution in [0.15, 0.2) is 56.0 Å². The second-order valence-corrected chi connectivity index (χ2v) is 6.65. The lowest BCUT2D eigenvalue weighted by atomic mass is 10.2. The highest BCUT2D eigenvalue weighted by Gasteiger charge is 2.16. The van der Waals surface area contributed by atoms with E-state index >= 15 is 0 Å². The van der Waals surface area contributed by atoms with E-state index in [1.807, 2.05) is 6.92 Å². The minimum Gasteiger partial charge on any atom is -0.459 e. The molecule has 6 nitrogen and oxygen atoms in total. The highest BCUT2D eigenvalue weighted by Crippen LogP contribution is 2.19. The van der Waals surface area contributed by atoms with E-state index in [1.54, 1.807) is 29.2 Å². The second-order valence-electron chi connectivity index (χ2n) is 5.74. The van der Waals surface area contributed by atoms with Crippen LogP contribution >= 0.6 is 15.9 Å². The molecule has 0 fully saturated rings. The van der Waals surface area contributed by atoms with Crippen LogP contribution in [-0.2, 0) is 11.3 Å². The molecular weight excluding hydrogens is 417 g/mol. The maximum Gasteiger partial charge on any atom is 0.283 e. The minimum absolute atomic E-state index is 0.158. The van der Waals surface area contributed by atoms with Gasteiger partial charge in [0.1, 0.15) is 5.82 Å². The van der Waals surface area contributed by atoms with E-state index in [9.17, 15) is 9.18 Å². The fraction of sp³-hybridized carbons (Fsp3) is 0.211. The Morgan fingerprint density at radius 2 is 2.19 bits per heavy atom. The predicted octanol–water partition coefficient (Wildman–Crippen LogP) is 4.68. The molecule has 0 aliphatic rings. The first kappa shape index (κ1) is 19.0. The Bertz CT molecular complexity index is 938. The van der Waals surface area contributed by atoms with Crippen molar-refractivity contribution in [3.8, 4) is 11.7 Å². The fourth-order valence-corrected chi connectivity index (χ4v) is 2.81. The Morgan fingerprint density at radius 3 is 2.93 bits per heavy atom. The molecule has 0 saturated carbocycles. The summed E-state index contributed by atoms with van der Waals surface area (Å²) < 4.78 is 25.3. The lowest BCUT2D eigenvalue weighted by Crippen LogP contribution is -2.29. The average molecular weight is 434 g/mol. The number of benzene rings is 1. The molecule has 0 atom stereocenters. The molecule has 27 heavy (non-hydrogen) atoms. The van der Waals surface area contributed by atoms with Crippen molar-refractivity contribution < 1.29 is 18.0 Å². The van der Waals surface area contributed by atoms with Crippen molar-refractivity contribution in [2.45, 2.75) is 19.9 Å². The van der Waals surface area contributed by atoms with Gasteiger partial charge in [0.15, 0.2) is 5.76 Å². The zero-order valence-electron chi connectivity index (χ0n) is 14.6. The van der Waals surface area contributed by atoms with Gasteiger partial charge < -0.3 is 13.7 Å². The van der Waals surface area contributed by atoms with Gasteiger partial charge in [0.25, 0.3) is 5.89 Å². The first-order valence-corrected chi connectivity index (χ1v) is 9.14. The van der Waals surface area contributed by atoms with Crippen LogP contribution in [0.4, 0.5) is 4.39 Å². The summed E-state index contributed by atoms with van der Waals surface area (Å²) >= 11 is 3.29. The lowest BCUT2D eigenvalue weighted by molar-refractivity contribution is -0.126. The summed E-state index contributed by atoms with van der Waals surface area (Å²) in [5.41, 5.74) is 0.326. The van der Waals surface area contributed by atoms with Gasteiger partial charge in [-0.15, -0.1) is 10.2 Å². The Labute approximate surface area is 163 Å². The van der Waals surface area contributed by atoms with Crippen LogP contribution in [-0.4, -0.2) is 27.5 Å². The lowest BCUT2D eigenvalue weighted by Gasteiger charge is -2.18. The Kier molecular flexibility index (Phi) is 6.18. The molecule has 3 aromatic rings. The van der Waals surface area contributed by atoms with Crippen molar-refractivity contribution in [3.05, 3.63) is 64.4 Å². The number of hydrogen-bond acceptors (Lipinski definition) is 5. The summed E-state index contributed by atoms with van der Waals surface area (Å²) in [6.45, 7) is 2.62. The van der Waals surface area contributed by atoms with Crippen molar-refractivity contribution in [2.24, 2.45) is 0 Å². The summed E-state index contributed by atoms with van der Waals surface area (Å²) in [5, 5.41) is 7.88. The molecule has 0 aliphatic carbocycles. The molecule has 0 N–H and O–H groups in total. The molecule has 2 heterocycles. The van der Waals surface area contributed by atoms with Crippen molar-refractivity contribution in [1.82, 2.24) is 15.1 Å². The molecule has 1 amide bonds. The van der Waals surface area contributed by atoms with E-state index in [0.717, 1.165) is 10.9 Å². The molecule has 8 heteroatoms. The summed E-state index contributed by atoms with van der Waals surface area (Å²) in [6, 6.07) is 7.98. The van der Waals surface area contributed by atoms with Crippen molar-refractivity contribution in [2.75, 3.05) is 6.54 Å². The Morgan fingerprint density at radius 1 is 1.33 bits per heavy atom. The first-order chi connectivity index (χ1) is 13.1. The number of rotatable bonds is 7. The van der Waals surface area contributed by atoms with E-state index in [0.29, 0.717) is 23.8 Å². The third kappa shape index (κ3) is 4.91. The predicted molar refractivity (Wildman–Crippen MR) is 101 cm³/mol. The molecule has 0 bridgehead atoms. The Hall–Kier alpha value is -2.74. The van der Waals surface area contributed by atoms with E-state index < -0.39 is 5.82 Å². The monoisotopic (exact) mass is 433 g/mol. The third-order valence-corrected chi connectivity index (χ3v) is 4.19. The molecule has 3 rings (SSSR count). The third-order valence-electron chi connectivity index (χ3n) is 3.69. The number of furan rings is 1. The highest BCUT2D eigenvalue weighted by atomic mass is 79.9. The number of carbonyl (C=O) groups excluding carboxylic acids is 1. The molecule has 140 valence electrons. The van der Waals surface area contributed by atoms with Gasteiger partial charge in [0.05, 0.1) is 12.8 Å². The number of carbonyl (C=O) groups is 1. The van der Waals surface area contributed by atoms with Crippen molar-refractivity contribution >= 4 is 27.9 Å². The van der Waals surface area contributed by atoms with Crippen LogP contribution in [0.25, 0.3) is 17.7 Å². The summed E-state index contributed by atoms with van der Waals surface area (Å²) in [4.78, 5) is 14.1. The Balaban J connectivity index is 1.72. The molecule has 0 unspecified atom stereocenters. The van der Waals surface area contributed by atoms with Crippen LogP contribution in [0.3, 0.4) is 0 Å². The van der Waals surface area contributed by atoms with Crippen molar-refractivity contribution in [1.29, 1.82) is 0 Å². The van der Waals surface area contributed by atoms with Crippen LogP contribution in [0.5, 0.6) is 0 Å². The number of amides is 1. The standard InChI is InChI=1S/C19H17BrFN3O3/c1-2-9-24(12-17-22-23-19(27-17)16-4-3-10-26-16)18(25)8-5-13-11-14(20)6-7-15(13)21/h3-8,10-11H,2,9,12H2,1H3. The number of hydrogen-bond donors (Lipinski definition) is 0.